The van der Waals surface area contributed by atoms with Gasteiger partial charge in [-0.1, -0.05) is 38.5 Å². The Kier molecular flexibility index (Phi) is 4.84. The highest BCUT2D eigenvalue weighted by molar-refractivity contribution is 9.10. The monoisotopic (exact) mass is 352 g/mol. The first kappa shape index (κ1) is 14.9. The molecule has 3 nitrogen and oxygen atoms in total. The molecular formula is C17H21BrO3. The summed E-state index contributed by atoms with van der Waals surface area (Å²) in [5.41, 5.74) is 0.725. The van der Waals surface area contributed by atoms with Gasteiger partial charge in [-0.25, -0.2) is 0 Å². The second-order valence-corrected chi connectivity index (χ2v) is 6.81. The van der Waals surface area contributed by atoms with Crippen molar-refractivity contribution < 1.29 is 14.3 Å². The van der Waals surface area contributed by atoms with E-state index in [1.54, 1.807) is 0 Å². The zero-order chi connectivity index (χ0) is 14.7. The molecule has 2 aliphatic rings. The third-order valence-corrected chi connectivity index (χ3v) is 5.04. The van der Waals surface area contributed by atoms with Gasteiger partial charge in [-0.2, -0.15) is 0 Å². The van der Waals surface area contributed by atoms with Crippen LogP contribution in [0.2, 0.25) is 0 Å². The molecule has 1 aliphatic heterocycles. The highest BCUT2D eigenvalue weighted by Crippen LogP contribution is 2.37. The van der Waals surface area contributed by atoms with Gasteiger partial charge in [-0.15, -0.1) is 0 Å². The molecule has 0 N–H and O–H groups in total. The Labute approximate surface area is 134 Å². The Morgan fingerprint density at radius 1 is 1.05 bits per heavy atom. The molecule has 0 saturated heterocycles. The summed E-state index contributed by atoms with van der Waals surface area (Å²) < 4.78 is 11.9. The van der Waals surface area contributed by atoms with E-state index in [4.69, 9.17) is 9.47 Å². The van der Waals surface area contributed by atoms with Gasteiger partial charge < -0.3 is 9.47 Å². The van der Waals surface area contributed by atoms with Gasteiger partial charge >= 0.3 is 0 Å². The maximum atomic E-state index is 12.6. The maximum Gasteiger partial charge on any atom is 0.164 e. The first-order valence-electron chi connectivity index (χ1n) is 7.86. The first-order chi connectivity index (χ1) is 10.2. The minimum Gasteiger partial charge on any atom is -0.486 e. The number of ketones is 1. The minimum atomic E-state index is 0.214. The van der Waals surface area contributed by atoms with Crippen molar-refractivity contribution >= 4 is 21.7 Å². The average Bonchev–Trinajstić information content (AvgIpc) is 2.75. The SMILES string of the molecule is O=C(CC1CCCCCC1)c1cc2c(cc1Br)OCCO2. The lowest BCUT2D eigenvalue weighted by molar-refractivity contribution is 0.0955. The van der Waals surface area contributed by atoms with Crippen molar-refractivity contribution in [3.05, 3.63) is 22.2 Å². The first-order valence-corrected chi connectivity index (χ1v) is 8.65. The molecule has 0 spiro atoms. The summed E-state index contributed by atoms with van der Waals surface area (Å²) in [5.74, 6) is 2.17. The lowest BCUT2D eigenvalue weighted by Crippen LogP contribution is -2.16. The number of hydrogen-bond acceptors (Lipinski definition) is 3. The van der Waals surface area contributed by atoms with Crippen molar-refractivity contribution in [3.8, 4) is 11.5 Å². The third-order valence-electron chi connectivity index (χ3n) is 4.38. The molecule has 0 bridgehead atoms. The molecule has 1 aromatic carbocycles. The number of fused-ring (bicyclic) bond motifs is 1. The van der Waals surface area contributed by atoms with Gasteiger partial charge in [0.2, 0.25) is 0 Å². The van der Waals surface area contributed by atoms with E-state index in [9.17, 15) is 4.79 Å². The van der Waals surface area contributed by atoms with Gasteiger partial charge in [-0.3, -0.25) is 4.79 Å². The predicted octanol–water partition coefficient (Wildman–Crippen LogP) is 4.76. The number of hydrogen-bond donors (Lipinski definition) is 0. The number of carbonyl (C=O) groups is 1. The van der Waals surface area contributed by atoms with Crippen LogP contribution in [0.4, 0.5) is 0 Å². The van der Waals surface area contributed by atoms with Crippen molar-refractivity contribution in [2.45, 2.75) is 44.9 Å². The van der Waals surface area contributed by atoms with E-state index in [1.807, 2.05) is 12.1 Å². The van der Waals surface area contributed by atoms with E-state index in [1.165, 1.54) is 38.5 Å². The summed E-state index contributed by atoms with van der Waals surface area (Å²) in [6, 6.07) is 3.69. The molecular weight excluding hydrogens is 332 g/mol. The summed E-state index contributed by atoms with van der Waals surface area (Å²) in [6.45, 7) is 1.11. The summed E-state index contributed by atoms with van der Waals surface area (Å²) in [6.07, 6.45) is 8.19. The van der Waals surface area contributed by atoms with E-state index in [0.29, 0.717) is 31.3 Å². The number of Topliss-reactive ketones (excluding diaryl/α,β-unsaturated/α-hetero) is 1. The molecule has 1 aromatic rings. The molecule has 114 valence electrons. The Balaban J connectivity index is 1.74. The predicted molar refractivity (Wildman–Crippen MR) is 85.3 cm³/mol. The molecule has 0 aromatic heterocycles. The summed E-state index contributed by atoms with van der Waals surface area (Å²) in [7, 11) is 0. The van der Waals surface area contributed by atoms with Crippen LogP contribution in [-0.2, 0) is 0 Å². The highest BCUT2D eigenvalue weighted by Gasteiger charge is 2.22. The number of ether oxygens (including phenoxy) is 2. The molecule has 4 heteroatoms. The van der Waals surface area contributed by atoms with Gasteiger partial charge in [0, 0.05) is 16.5 Å². The van der Waals surface area contributed by atoms with Crippen LogP contribution in [0.5, 0.6) is 11.5 Å². The standard InChI is InChI=1S/C17H21BrO3/c18-14-11-17-16(20-7-8-21-17)10-13(14)15(19)9-12-5-3-1-2-4-6-12/h10-12H,1-9H2. The molecule has 0 unspecified atom stereocenters. The van der Waals surface area contributed by atoms with Crippen LogP contribution in [0.3, 0.4) is 0 Å². The summed E-state index contributed by atoms with van der Waals surface area (Å²) in [5, 5.41) is 0. The van der Waals surface area contributed by atoms with Crippen molar-refractivity contribution in [2.24, 2.45) is 5.92 Å². The molecule has 0 radical (unpaired) electrons. The Hall–Kier alpha value is -1.03. The van der Waals surface area contributed by atoms with Gasteiger partial charge in [0.25, 0.3) is 0 Å². The smallest absolute Gasteiger partial charge is 0.164 e. The van der Waals surface area contributed by atoms with E-state index >= 15 is 0 Å². The highest BCUT2D eigenvalue weighted by atomic mass is 79.9. The Morgan fingerprint density at radius 2 is 1.67 bits per heavy atom. The number of benzene rings is 1. The van der Waals surface area contributed by atoms with Crippen LogP contribution >= 0.6 is 15.9 Å². The van der Waals surface area contributed by atoms with Crippen LogP contribution in [0.25, 0.3) is 0 Å². The van der Waals surface area contributed by atoms with Crippen molar-refractivity contribution in [3.63, 3.8) is 0 Å². The van der Waals surface area contributed by atoms with Crippen LogP contribution in [0.1, 0.15) is 55.3 Å². The van der Waals surface area contributed by atoms with Gasteiger partial charge in [0.15, 0.2) is 17.3 Å². The number of halogens is 1. The second-order valence-electron chi connectivity index (χ2n) is 5.96. The van der Waals surface area contributed by atoms with E-state index in [0.717, 1.165) is 15.8 Å². The summed E-state index contributed by atoms with van der Waals surface area (Å²) >= 11 is 3.50. The topological polar surface area (TPSA) is 35.5 Å². The molecule has 1 heterocycles. The van der Waals surface area contributed by atoms with Crippen LogP contribution < -0.4 is 9.47 Å². The number of carbonyl (C=O) groups excluding carboxylic acids is 1. The second kappa shape index (κ2) is 6.82. The third kappa shape index (κ3) is 3.60. The van der Waals surface area contributed by atoms with Crippen molar-refractivity contribution in [2.75, 3.05) is 13.2 Å². The van der Waals surface area contributed by atoms with Gasteiger partial charge in [0.05, 0.1) is 0 Å². The van der Waals surface area contributed by atoms with Crippen molar-refractivity contribution in [1.29, 1.82) is 0 Å². The largest absolute Gasteiger partial charge is 0.486 e. The molecule has 0 atom stereocenters. The lowest BCUT2D eigenvalue weighted by atomic mass is 9.92. The van der Waals surface area contributed by atoms with E-state index in [-0.39, 0.29) is 5.78 Å². The Morgan fingerprint density at radius 3 is 2.33 bits per heavy atom. The summed E-state index contributed by atoms with van der Waals surface area (Å²) in [4.78, 5) is 12.6. The minimum absolute atomic E-state index is 0.214. The Bertz CT molecular complexity index is 519. The van der Waals surface area contributed by atoms with Gasteiger partial charge in [-0.05, 0) is 34.0 Å². The molecule has 21 heavy (non-hydrogen) atoms. The molecule has 1 saturated carbocycles. The maximum absolute atomic E-state index is 12.6. The van der Waals surface area contributed by atoms with Crippen LogP contribution in [0.15, 0.2) is 16.6 Å². The lowest BCUT2D eigenvalue weighted by Gasteiger charge is -2.20. The fraction of sp³-hybridized carbons (Fsp3) is 0.588. The van der Waals surface area contributed by atoms with Gasteiger partial charge in [0.1, 0.15) is 13.2 Å². The zero-order valence-electron chi connectivity index (χ0n) is 12.2. The molecule has 1 fully saturated rings. The zero-order valence-corrected chi connectivity index (χ0v) is 13.8. The average molecular weight is 353 g/mol. The molecule has 0 amide bonds. The quantitative estimate of drug-likeness (QED) is 0.580. The number of rotatable bonds is 3. The van der Waals surface area contributed by atoms with E-state index < -0.39 is 0 Å². The van der Waals surface area contributed by atoms with Crippen LogP contribution in [-0.4, -0.2) is 19.0 Å². The molecule has 1 aliphatic carbocycles. The van der Waals surface area contributed by atoms with Crippen LogP contribution in [0, 0.1) is 5.92 Å². The fourth-order valence-electron chi connectivity index (χ4n) is 3.22. The normalized spacial score (nSPS) is 19.1. The molecule has 3 rings (SSSR count). The van der Waals surface area contributed by atoms with Crippen molar-refractivity contribution in [1.82, 2.24) is 0 Å². The fourth-order valence-corrected chi connectivity index (χ4v) is 3.76. The van der Waals surface area contributed by atoms with E-state index in [2.05, 4.69) is 15.9 Å².